The Kier molecular flexibility index (Phi) is 10.4. The second-order valence-electron chi connectivity index (χ2n) is 7.51. The minimum Gasteiger partial charge on any atom is -0.444 e. The van der Waals surface area contributed by atoms with Gasteiger partial charge >= 0.3 is 6.09 Å². The van der Waals surface area contributed by atoms with Crippen LogP contribution in [0.4, 0.5) is 4.79 Å². The van der Waals surface area contributed by atoms with Gasteiger partial charge in [0.15, 0.2) is 0 Å². The number of hydrogen-bond acceptors (Lipinski definition) is 5. The average Bonchev–Trinajstić information content (AvgIpc) is 2.37. The Morgan fingerprint density at radius 1 is 1.00 bits per heavy atom. The van der Waals surface area contributed by atoms with Gasteiger partial charge in [0, 0.05) is 32.3 Å². The lowest BCUT2D eigenvalue weighted by Crippen LogP contribution is -2.50. The first-order valence-electron chi connectivity index (χ1n) is 8.36. The number of rotatable bonds is 10. The number of carbonyl (C=O) groups excluding carboxylic acids is 1. The van der Waals surface area contributed by atoms with Crippen molar-refractivity contribution in [2.45, 2.75) is 59.1 Å². The fourth-order valence-electron chi connectivity index (χ4n) is 1.88. The van der Waals surface area contributed by atoms with Crippen molar-refractivity contribution < 1.29 is 19.0 Å². The van der Waals surface area contributed by atoms with E-state index in [-0.39, 0.29) is 11.6 Å². The Hall–Kier alpha value is -0.850. The van der Waals surface area contributed by atoms with Gasteiger partial charge in [0.1, 0.15) is 5.60 Å². The summed E-state index contributed by atoms with van der Waals surface area (Å²) in [5.74, 6) is 0. The van der Waals surface area contributed by atoms with E-state index in [0.717, 1.165) is 19.5 Å². The van der Waals surface area contributed by atoms with E-state index in [1.807, 2.05) is 41.5 Å². The van der Waals surface area contributed by atoms with E-state index < -0.39 is 5.60 Å². The summed E-state index contributed by atoms with van der Waals surface area (Å²) in [5.41, 5.74) is -0.749. The molecule has 6 nitrogen and oxygen atoms in total. The van der Waals surface area contributed by atoms with Crippen molar-refractivity contribution in [3.63, 3.8) is 0 Å². The van der Waals surface area contributed by atoms with Gasteiger partial charge < -0.3 is 24.4 Å². The third kappa shape index (κ3) is 12.3. The highest BCUT2D eigenvalue weighted by Gasteiger charge is 2.30. The molecule has 0 radical (unpaired) electrons. The van der Waals surface area contributed by atoms with Gasteiger partial charge in [-0.15, -0.1) is 0 Å². The zero-order chi connectivity index (χ0) is 17.9. The van der Waals surface area contributed by atoms with E-state index in [4.69, 9.17) is 14.2 Å². The largest absolute Gasteiger partial charge is 0.444 e. The molecule has 0 rings (SSSR count). The molecule has 0 aliphatic rings. The molecule has 0 saturated heterocycles. The zero-order valence-corrected chi connectivity index (χ0v) is 16.0. The third-order valence-electron chi connectivity index (χ3n) is 3.01. The second kappa shape index (κ2) is 10.8. The quantitative estimate of drug-likeness (QED) is 0.623. The molecule has 6 heteroatoms. The van der Waals surface area contributed by atoms with Crippen LogP contribution in [0.1, 0.15) is 48.0 Å². The fraction of sp³-hybridized carbons (Fsp3) is 0.941. The molecular formula is C17H36N2O4. The molecule has 0 spiro atoms. The Bertz CT molecular complexity index is 322. The van der Waals surface area contributed by atoms with Crippen LogP contribution in [0.25, 0.3) is 0 Å². The zero-order valence-electron chi connectivity index (χ0n) is 16.0. The van der Waals surface area contributed by atoms with E-state index in [1.54, 1.807) is 12.0 Å². The standard InChI is InChI=1S/C17H36N2O4/c1-16(2,3)19(15(20)23-17(4,5)6)11-10-18-9-8-12-22-14-13-21-7/h18H,8-14H2,1-7H3. The summed E-state index contributed by atoms with van der Waals surface area (Å²) in [5, 5.41) is 3.34. The van der Waals surface area contributed by atoms with E-state index in [9.17, 15) is 4.79 Å². The summed E-state index contributed by atoms with van der Waals surface area (Å²) < 4.78 is 15.8. The highest BCUT2D eigenvalue weighted by Crippen LogP contribution is 2.17. The SMILES string of the molecule is COCCOCCCNCCN(C(=O)OC(C)(C)C)C(C)(C)C. The molecule has 0 heterocycles. The number of ether oxygens (including phenoxy) is 3. The first-order chi connectivity index (χ1) is 10.6. The van der Waals surface area contributed by atoms with E-state index in [2.05, 4.69) is 5.32 Å². The van der Waals surface area contributed by atoms with Gasteiger partial charge in [0.05, 0.1) is 13.2 Å². The van der Waals surface area contributed by atoms with Crippen LogP contribution in [-0.2, 0) is 14.2 Å². The van der Waals surface area contributed by atoms with Crippen LogP contribution in [-0.4, -0.2) is 68.7 Å². The molecule has 0 fully saturated rings. The maximum Gasteiger partial charge on any atom is 0.410 e. The lowest BCUT2D eigenvalue weighted by molar-refractivity contribution is 0.00659. The van der Waals surface area contributed by atoms with Crippen molar-refractivity contribution in [1.29, 1.82) is 0 Å². The average molecular weight is 332 g/mol. The van der Waals surface area contributed by atoms with Crippen molar-refractivity contribution in [1.82, 2.24) is 10.2 Å². The van der Waals surface area contributed by atoms with E-state index >= 15 is 0 Å². The molecule has 0 aromatic heterocycles. The molecule has 23 heavy (non-hydrogen) atoms. The molecule has 0 aliphatic heterocycles. The number of nitrogens with zero attached hydrogens (tertiary/aromatic N) is 1. The van der Waals surface area contributed by atoms with Gasteiger partial charge in [-0.25, -0.2) is 4.79 Å². The highest BCUT2D eigenvalue weighted by molar-refractivity contribution is 5.69. The summed E-state index contributed by atoms with van der Waals surface area (Å²) in [4.78, 5) is 14.1. The van der Waals surface area contributed by atoms with Gasteiger partial charge in [0.25, 0.3) is 0 Å². The normalized spacial score (nSPS) is 12.3. The molecule has 1 amide bonds. The molecule has 0 saturated carbocycles. The predicted octanol–water partition coefficient (Wildman–Crippen LogP) is 2.66. The molecule has 0 aromatic carbocycles. The first kappa shape index (κ1) is 22.1. The van der Waals surface area contributed by atoms with Gasteiger partial charge in [-0.2, -0.15) is 0 Å². The Labute approximate surface area is 141 Å². The van der Waals surface area contributed by atoms with E-state index in [0.29, 0.717) is 26.4 Å². The van der Waals surface area contributed by atoms with Crippen molar-refractivity contribution in [2.75, 3.05) is 46.6 Å². The predicted molar refractivity (Wildman–Crippen MR) is 92.9 cm³/mol. The molecule has 0 aliphatic carbocycles. The molecule has 0 bridgehead atoms. The number of carbonyl (C=O) groups is 1. The maximum absolute atomic E-state index is 12.3. The number of nitrogens with one attached hydrogen (secondary N) is 1. The summed E-state index contributed by atoms with van der Waals surface area (Å²) in [6.07, 6.45) is 0.667. The summed E-state index contributed by atoms with van der Waals surface area (Å²) >= 11 is 0. The van der Waals surface area contributed by atoms with Crippen molar-refractivity contribution in [3.05, 3.63) is 0 Å². The van der Waals surface area contributed by atoms with Crippen LogP contribution < -0.4 is 5.32 Å². The van der Waals surface area contributed by atoms with Crippen LogP contribution in [0.2, 0.25) is 0 Å². The molecule has 0 atom stereocenters. The Balaban J connectivity index is 4.02. The lowest BCUT2D eigenvalue weighted by atomic mass is 10.1. The van der Waals surface area contributed by atoms with Crippen molar-refractivity contribution in [3.8, 4) is 0 Å². The number of hydrogen-bond donors (Lipinski definition) is 1. The van der Waals surface area contributed by atoms with Gasteiger partial charge in [-0.1, -0.05) is 0 Å². The third-order valence-corrected chi connectivity index (χ3v) is 3.01. The van der Waals surface area contributed by atoms with Crippen LogP contribution in [0, 0.1) is 0 Å². The Morgan fingerprint density at radius 2 is 1.65 bits per heavy atom. The van der Waals surface area contributed by atoms with Gasteiger partial charge in [-0.3, -0.25) is 0 Å². The maximum atomic E-state index is 12.3. The van der Waals surface area contributed by atoms with Crippen LogP contribution in [0.5, 0.6) is 0 Å². The van der Waals surface area contributed by atoms with E-state index in [1.165, 1.54) is 0 Å². The Morgan fingerprint density at radius 3 is 2.17 bits per heavy atom. The molecular weight excluding hydrogens is 296 g/mol. The minimum absolute atomic E-state index is 0.269. The smallest absolute Gasteiger partial charge is 0.410 e. The molecule has 0 unspecified atom stereocenters. The van der Waals surface area contributed by atoms with Crippen LogP contribution in [0.15, 0.2) is 0 Å². The monoisotopic (exact) mass is 332 g/mol. The van der Waals surface area contributed by atoms with Crippen LogP contribution >= 0.6 is 0 Å². The number of methoxy groups -OCH3 is 1. The van der Waals surface area contributed by atoms with Crippen molar-refractivity contribution in [2.24, 2.45) is 0 Å². The van der Waals surface area contributed by atoms with Gasteiger partial charge in [0.2, 0.25) is 0 Å². The van der Waals surface area contributed by atoms with Crippen LogP contribution in [0.3, 0.4) is 0 Å². The van der Waals surface area contributed by atoms with Crippen molar-refractivity contribution >= 4 is 6.09 Å². The van der Waals surface area contributed by atoms with Gasteiger partial charge in [-0.05, 0) is 54.5 Å². The summed E-state index contributed by atoms with van der Waals surface area (Å²) in [6.45, 7) is 15.9. The molecule has 0 aromatic rings. The lowest BCUT2D eigenvalue weighted by Gasteiger charge is -2.36. The first-order valence-corrected chi connectivity index (χ1v) is 8.36. The summed E-state index contributed by atoms with van der Waals surface area (Å²) in [7, 11) is 1.66. The highest BCUT2D eigenvalue weighted by atomic mass is 16.6. The molecule has 138 valence electrons. The molecule has 1 N–H and O–H groups in total. The topological polar surface area (TPSA) is 60.0 Å². The number of amides is 1. The summed E-state index contributed by atoms with van der Waals surface area (Å²) in [6, 6.07) is 0. The minimum atomic E-state index is -0.479. The fourth-order valence-corrected chi connectivity index (χ4v) is 1.88. The second-order valence-corrected chi connectivity index (χ2v) is 7.51.